The highest BCUT2D eigenvalue weighted by atomic mass is 79.9. The number of halogens is 1. The van der Waals surface area contributed by atoms with Crippen LogP contribution in [0.3, 0.4) is 0 Å². The first kappa shape index (κ1) is 21.3. The Balaban J connectivity index is 1.33. The van der Waals surface area contributed by atoms with Crippen molar-refractivity contribution in [3.8, 4) is 5.75 Å². The van der Waals surface area contributed by atoms with Crippen LogP contribution in [-0.2, 0) is 9.53 Å². The van der Waals surface area contributed by atoms with E-state index < -0.39 is 0 Å². The molecule has 6 nitrogen and oxygen atoms in total. The van der Waals surface area contributed by atoms with E-state index >= 15 is 0 Å². The quantitative estimate of drug-likeness (QED) is 0.518. The Hall–Kier alpha value is -2.90. The van der Waals surface area contributed by atoms with Gasteiger partial charge in [-0.25, -0.2) is 0 Å². The lowest BCUT2D eigenvalue weighted by atomic mass is 10.1. The van der Waals surface area contributed by atoms with E-state index in [9.17, 15) is 9.59 Å². The lowest BCUT2D eigenvalue weighted by Gasteiger charge is -2.12. The molecule has 0 aliphatic carbocycles. The maximum absolute atomic E-state index is 12.4. The number of nitrogens with one attached hydrogen (secondary N) is 2. The second kappa shape index (κ2) is 9.94. The summed E-state index contributed by atoms with van der Waals surface area (Å²) in [5, 5.41) is 7.76. The van der Waals surface area contributed by atoms with E-state index in [4.69, 9.17) is 9.47 Å². The summed E-state index contributed by atoms with van der Waals surface area (Å²) < 4.78 is 12.0. The average Bonchev–Trinajstić information content (AvgIpc) is 3.31. The van der Waals surface area contributed by atoms with E-state index in [-0.39, 0.29) is 24.5 Å². The van der Waals surface area contributed by atoms with Crippen LogP contribution in [0.15, 0.2) is 65.1 Å². The highest BCUT2D eigenvalue weighted by molar-refractivity contribution is 9.10. The second-order valence-electron chi connectivity index (χ2n) is 7.36. The molecule has 7 heteroatoms. The van der Waals surface area contributed by atoms with E-state index in [2.05, 4.69) is 26.6 Å². The number of hydrogen-bond acceptors (Lipinski definition) is 4. The first-order chi connectivity index (χ1) is 15.1. The summed E-state index contributed by atoms with van der Waals surface area (Å²) in [6.07, 6.45) is 2.07. The third-order valence-electron chi connectivity index (χ3n) is 5.11. The minimum Gasteiger partial charge on any atom is -0.483 e. The van der Waals surface area contributed by atoms with Gasteiger partial charge in [-0.3, -0.25) is 9.59 Å². The molecule has 1 unspecified atom stereocenters. The van der Waals surface area contributed by atoms with Crippen LogP contribution in [-0.4, -0.2) is 37.7 Å². The molecule has 0 spiro atoms. The number of ether oxygens (including phenoxy) is 2. The first-order valence-electron chi connectivity index (χ1n) is 10.2. The molecule has 160 valence electrons. The summed E-state index contributed by atoms with van der Waals surface area (Å²) in [5.74, 6) is 0.0935. The van der Waals surface area contributed by atoms with Gasteiger partial charge in [0.15, 0.2) is 6.61 Å². The fraction of sp³-hybridized carbons (Fsp3) is 0.250. The zero-order valence-corrected chi connectivity index (χ0v) is 18.5. The van der Waals surface area contributed by atoms with Crippen LogP contribution in [0.25, 0.3) is 10.8 Å². The molecular formula is C24H23BrN2O4. The van der Waals surface area contributed by atoms with E-state index in [1.807, 2.05) is 36.4 Å². The Labute approximate surface area is 189 Å². The smallest absolute Gasteiger partial charge is 0.262 e. The van der Waals surface area contributed by atoms with Gasteiger partial charge >= 0.3 is 0 Å². The fourth-order valence-corrected chi connectivity index (χ4v) is 4.13. The molecule has 0 aromatic heterocycles. The monoisotopic (exact) mass is 482 g/mol. The Bertz CT molecular complexity index is 1100. The van der Waals surface area contributed by atoms with Gasteiger partial charge in [0, 0.05) is 24.4 Å². The molecule has 1 atom stereocenters. The summed E-state index contributed by atoms with van der Waals surface area (Å²) in [5.41, 5.74) is 1.02. The molecule has 31 heavy (non-hydrogen) atoms. The third-order valence-corrected chi connectivity index (χ3v) is 5.93. The molecule has 0 radical (unpaired) electrons. The number of carbonyl (C=O) groups is 2. The molecule has 3 aromatic carbocycles. The maximum atomic E-state index is 12.4. The van der Waals surface area contributed by atoms with Gasteiger partial charge in [-0.1, -0.05) is 36.4 Å². The van der Waals surface area contributed by atoms with Gasteiger partial charge in [0.05, 0.1) is 10.6 Å². The largest absolute Gasteiger partial charge is 0.483 e. The summed E-state index contributed by atoms with van der Waals surface area (Å²) in [4.78, 5) is 24.8. The number of rotatable bonds is 7. The highest BCUT2D eigenvalue weighted by Gasteiger charge is 2.17. The molecule has 1 aliphatic heterocycles. The number of carbonyl (C=O) groups excluding carboxylic acids is 2. The van der Waals surface area contributed by atoms with Crippen molar-refractivity contribution in [3.63, 3.8) is 0 Å². The number of benzene rings is 3. The summed E-state index contributed by atoms with van der Waals surface area (Å²) in [7, 11) is 0. The molecule has 1 aliphatic rings. The topological polar surface area (TPSA) is 76.7 Å². The van der Waals surface area contributed by atoms with E-state index in [1.54, 1.807) is 24.3 Å². The van der Waals surface area contributed by atoms with Crippen molar-refractivity contribution >= 4 is 44.2 Å². The molecule has 0 bridgehead atoms. The minimum absolute atomic E-state index is 0.0819. The van der Waals surface area contributed by atoms with Gasteiger partial charge in [-0.2, -0.15) is 0 Å². The molecular weight excluding hydrogens is 460 g/mol. The lowest BCUT2D eigenvalue weighted by molar-refractivity contribution is -0.118. The summed E-state index contributed by atoms with van der Waals surface area (Å²) >= 11 is 3.55. The predicted molar refractivity (Wildman–Crippen MR) is 124 cm³/mol. The van der Waals surface area contributed by atoms with E-state index in [1.165, 1.54) is 0 Å². The number of amides is 2. The van der Waals surface area contributed by atoms with Crippen LogP contribution in [0.2, 0.25) is 0 Å². The van der Waals surface area contributed by atoms with Crippen molar-refractivity contribution in [1.82, 2.24) is 5.32 Å². The zero-order chi connectivity index (χ0) is 21.6. The summed E-state index contributed by atoms with van der Waals surface area (Å²) in [6.45, 7) is 1.09. The van der Waals surface area contributed by atoms with Crippen LogP contribution < -0.4 is 15.4 Å². The Morgan fingerprint density at radius 2 is 1.97 bits per heavy atom. The van der Waals surface area contributed by atoms with Crippen molar-refractivity contribution in [3.05, 3.63) is 70.7 Å². The zero-order valence-electron chi connectivity index (χ0n) is 16.9. The van der Waals surface area contributed by atoms with Crippen LogP contribution in [0.1, 0.15) is 23.2 Å². The van der Waals surface area contributed by atoms with Gasteiger partial charge in [0.2, 0.25) is 0 Å². The Kier molecular flexibility index (Phi) is 6.84. The van der Waals surface area contributed by atoms with Crippen LogP contribution in [0.4, 0.5) is 5.69 Å². The number of anilines is 1. The maximum Gasteiger partial charge on any atom is 0.262 e. The molecule has 2 amide bonds. The van der Waals surface area contributed by atoms with Crippen molar-refractivity contribution in [2.75, 3.05) is 25.1 Å². The Morgan fingerprint density at radius 1 is 1.10 bits per heavy atom. The second-order valence-corrected chi connectivity index (χ2v) is 8.15. The fourth-order valence-electron chi connectivity index (χ4n) is 3.52. The first-order valence-corrected chi connectivity index (χ1v) is 11.0. The minimum atomic E-state index is -0.308. The number of fused-ring (bicyclic) bond motifs is 1. The molecule has 1 heterocycles. The molecule has 0 saturated carbocycles. The van der Waals surface area contributed by atoms with Gasteiger partial charge in [0.1, 0.15) is 5.75 Å². The standard InChI is InChI=1S/C24H23BrN2O4/c25-23-20-9-2-1-5-16(20)10-11-21(23)31-15-22(28)27-18-7-3-6-17(13-18)24(29)26-14-19-8-4-12-30-19/h1-3,5-7,9-11,13,19H,4,8,12,14-15H2,(H,26,29)(H,27,28). The average molecular weight is 483 g/mol. The molecule has 2 N–H and O–H groups in total. The predicted octanol–water partition coefficient (Wildman–Crippen LogP) is 4.53. The van der Waals surface area contributed by atoms with Crippen molar-refractivity contribution in [2.24, 2.45) is 0 Å². The van der Waals surface area contributed by atoms with Gasteiger partial charge in [0.25, 0.3) is 11.8 Å². The lowest BCUT2D eigenvalue weighted by Crippen LogP contribution is -2.31. The van der Waals surface area contributed by atoms with Gasteiger partial charge in [-0.15, -0.1) is 0 Å². The van der Waals surface area contributed by atoms with Crippen LogP contribution >= 0.6 is 15.9 Å². The van der Waals surface area contributed by atoms with Crippen molar-refractivity contribution in [1.29, 1.82) is 0 Å². The normalized spacial score (nSPS) is 15.6. The van der Waals surface area contributed by atoms with Gasteiger partial charge in [-0.05, 0) is 63.8 Å². The molecule has 3 aromatic rings. The summed E-state index contributed by atoms with van der Waals surface area (Å²) in [6, 6.07) is 18.5. The van der Waals surface area contributed by atoms with E-state index in [0.717, 1.165) is 34.7 Å². The highest BCUT2D eigenvalue weighted by Crippen LogP contribution is 2.33. The molecule has 4 rings (SSSR count). The van der Waals surface area contributed by atoms with Crippen molar-refractivity contribution < 1.29 is 19.1 Å². The molecule has 1 fully saturated rings. The number of hydrogen-bond donors (Lipinski definition) is 2. The third kappa shape index (κ3) is 5.42. The molecule has 1 saturated heterocycles. The van der Waals surface area contributed by atoms with Crippen molar-refractivity contribution in [2.45, 2.75) is 18.9 Å². The van der Waals surface area contributed by atoms with E-state index in [0.29, 0.717) is 23.5 Å². The SMILES string of the molecule is O=C(COc1ccc2ccccc2c1Br)Nc1cccc(C(=O)NCC2CCCO2)c1. The van der Waals surface area contributed by atoms with Crippen LogP contribution in [0, 0.1) is 0 Å². The van der Waals surface area contributed by atoms with Gasteiger partial charge < -0.3 is 20.1 Å². The van der Waals surface area contributed by atoms with Crippen LogP contribution in [0.5, 0.6) is 5.75 Å². The Morgan fingerprint density at radius 3 is 2.81 bits per heavy atom.